The van der Waals surface area contributed by atoms with Gasteiger partial charge in [-0.3, -0.25) is 19.6 Å². The molecule has 3 rings (SSSR count). The average Bonchev–Trinajstić information content (AvgIpc) is 2.88. The van der Waals surface area contributed by atoms with E-state index in [9.17, 15) is 20.0 Å². The first-order valence-corrected chi connectivity index (χ1v) is 8.79. The third-order valence-corrected chi connectivity index (χ3v) is 4.84. The van der Waals surface area contributed by atoms with Gasteiger partial charge in [0.15, 0.2) is 5.82 Å². The van der Waals surface area contributed by atoms with Gasteiger partial charge in [-0.05, 0) is 19.3 Å². The number of para-hydroxylation sites is 1. The van der Waals surface area contributed by atoms with Gasteiger partial charge in [0.05, 0.1) is 10.6 Å². The SMILES string of the molecule is CC1=Nc2c(c(CC(C)C)nn2C)C(c2ccccc2[N+](=O)[O-])C1C(=O)O. The zero-order chi connectivity index (χ0) is 19.9. The zero-order valence-corrected chi connectivity index (χ0v) is 15.7. The van der Waals surface area contributed by atoms with Crippen molar-refractivity contribution in [3.8, 4) is 0 Å². The fourth-order valence-corrected chi connectivity index (χ4v) is 3.79. The minimum absolute atomic E-state index is 0.0891. The van der Waals surface area contributed by atoms with E-state index < -0.39 is 22.7 Å². The number of nitro groups is 1. The number of carbonyl (C=O) groups is 1. The van der Waals surface area contributed by atoms with Crippen molar-refractivity contribution < 1.29 is 14.8 Å². The molecule has 0 saturated heterocycles. The molecule has 2 aromatic rings. The van der Waals surface area contributed by atoms with Gasteiger partial charge in [0.2, 0.25) is 0 Å². The Labute approximate surface area is 156 Å². The number of hydrogen-bond donors (Lipinski definition) is 1. The van der Waals surface area contributed by atoms with E-state index in [0.717, 1.165) is 5.69 Å². The molecule has 0 amide bonds. The molecule has 1 aromatic carbocycles. The summed E-state index contributed by atoms with van der Waals surface area (Å²) in [7, 11) is 1.76. The topological polar surface area (TPSA) is 111 Å². The van der Waals surface area contributed by atoms with Crippen LogP contribution in [-0.2, 0) is 18.3 Å². The second kappa shape index (κ2) is 6.94. The highest BCUT2D eigenvalue weighted by atomic mass is 16.6. The molecule has 8 heteroatoms. The lowest BCUT2D eigenvalue weighted by Gasteiger charge is -2.28. The van der Waals surface area contributed by atoms with Crippen molar-refractivity contribution in [2.45, 2.75) is 33.1 Å². The molecule has 0 saturated carbocycles. The number of aliphatic imine (C=N–C) groups is 1. The number of fused-ring (bicyclic) bond motifs is 1. The van der Waals surface area contributed by atoms with Crippen LogP contribution in [0.5, 0.6) is 0 Å². The molecule has 0 spiro atoms. The van der Waals surface area contributed by atoms with E-state index in [0.29, 0.717) is 35.0 Å². The van der Waals surface area contributed by atoms with E-state index in [1.807, 2.05) is 13.8 Å². The number of benzene rings is 1. The Morgan fingerprint density at radius 1 is 1.37 bits per heavy atom. The van der Waals surface area contributed by atoms with Crippen molar-refractivity contribution in [1.29, 1.82) is 0 Å². The highest BCUT2D eigenvalue weighted by Gasteiger charge is 2.43. The van der Waals surface area contributed by atoms with Gasteiger partial charge in [0.25, 0.3) is 5.69 Å². The standard InChI is InChI=1S/C19H22N4O4/c1-10(2)9-13-17-16(12-7-5-6-8-14(12)23(26)27)15(19(24)25)11(3)20-18(17)22(4)21-13/h5-8,10,15-16H,9H2,1-4H3,(H,24,25). The summed E-state index contributed by atoms with van der Waals surface area (Å²) < 4.78 is 1.64. The van der Waals surface area contributed by atoms with Gasteiger partial charge in [-0.2, -0.15) is 5.10 Å². The van der Waals surface area contributed by atoms with Crippen LogP contribution < -0.4 is 0 Å². The van der Waals surface area contributed by atoms with Crippen molar-refractivity contribution in [2.75, 3.05) is 0 Å². The van der Waals surface area contributed by atoms with Crippen LogP contribution in [0.25, 0.3) is 0 Å². The molecular formula is C19H22N4O4. The van der Waals surface area contributed by atoms with E-state index >= 15 is 0 Å². The lowest BCUT2D eigenvalue weighted by Crippen LogP contribution is -2.32. The predicted octanol–water partition coefficient (Wildman–Crippen LogP) is 3.47. The van der Waals surface area contributed by atoms with Gasteiger partial charge in [0.1, 0.15) is 5.92 Å². The second-order valence-corrected chi connectivity index (χ2v) is 7.27. The summed E-state index contributed by atoms with van der Waals surface area (Å²) in [5, 5.41) is 26.1. The fourth-order valence-electron chi connectivity index (χ4n) is 3.79. The lowest BCUT2D eigenvalue weighted by atomic mass is 9.75. The van der Waals surface area contributed by atoms with Crippen molar-refractivity contribution in [3.63, 3.8) is 0 Å². The van der Waals surface area contributed by atoms with Gasteiger partial charge in [-0.1, -0.05) is 32.0 Å². The number of carboxylic acid groups (broad SMARTS) is 1. The molecule has 2 atom stereocenters. The van der Waals surface area contributed by atoms with Crippen LogP contribution in [-0.4, -0.2) is 31.5 Å². The predicted molar refractivity (Wildman–Crippen MR) is 101 cm³/mol. The monoisotopic (exact) mass is 370 g/mol. The Balaban J connectivity index is 2.33. The Bertz CT molecular complexity index is 945. The first-order chi connectivity index (χ1) is 12.7. The molecule has 1 aliphatic heterocycles. The fraction of sp³-hybridized carbons (Fsp3) is 0.421. The van der Waals surface area contributed by atoms with Gasteiger partial charge in [-0.15, -0.1) is 0 Å². The minimum atomic E-state index is -1.05. The van der Waals surface area contributed by atoms with Crippen LogP contribution in [0.1, 0.15) is 43.5 Å². The molecule has 8 nitrogen and oxygen atoms in total. The van der Waals surface area contributed by atoms with Gasteiger partial charge >= 0.3 is 5.97 Å². The Morgan fingerprint density at radius 2 is 2.04 bits per heavy atom. The maximum atomic E-state index is 12.1. The quantitative estimate of drug-likeness (QED) is 0.640. The molecule has 27 heavy (non-hydrogen) atoms. The molecule has 0 bridgehead atoms. The molecule has 2 unspecified atom stereocenters. The summed E-state index contributed by atoms with van der Waals surface area (Å²) >= 11 is 0. The number of carboxylic acids is 1. The minimum Gasteiger partial charge on any atom is -0.481 e. The van der Waals surface area contributed by atoms with E-state index in [1.54, 1.807) is 36.9 Å². The zero-order valence-electron chi connectivity index (χ0n) is 15.7. The first kappa shape index (κ1) is 18.8. The van der Waals surface area contributed by atoms with Crippen molar-refractivity contribution in [3.05, 3.63) is 51.2 Å². The van der Waals surface area contributed by atoms with Crippen LogP contribution in [0.3, 0.4) is 0 Å². The number of nitrogens with zero attached hydrogens (tertiary/aromatic N) is 4. The number of nitro benzene ring substituents is 1. The third-order valence-electron chi connectivity index (χ3n) is 4.84. The van der Waals surface area contributed by atoms with Gasteiger partial charge < -0.3 is 5.11 Å². The molecule has 0 fully saturated rings. The molecule has 1 N–H and O–H groups in total. The van der Waals surface area contributed by atoms with Gasteiger partial charge in [-0.25, -0.2) is 4.99 Å². The maximum Gasteiger partial charge on any atom is 0.313 e. The lowest BCUT2D eigenvalue weighted by molar-refractivity contribution is -0.385. The van der Waals surface area contributed by atoms with Crippen LogP contribution >= 0.6 is 0 Å². The van der Waals surface area contributed by atoms with Crippen LogP contribution in [0.2, 0.25) is 0 Å². The average molecular weight is 370 g/mol. The molecule has 1 aliphatic rings. The van der Waals surface area contributed by atoms with E-state index in [2.05, 4.69) is 10.1 Å². The Hall–Kier alpha value is -3.03. The smallest absolute Gasteiger partial charge is 0.313 e. The van der Waals surface area contributed by atoms with Crippen LogP contribution in [0.15, 0.2) is 29.3 Å². The molecule has 0 radical (unpaired) electrons. The number of aromatic nitrogens is 2. The number of hydrogen-bond acceptors (Lipinski definition) is 5. The first-order valence-electron chi connectivity index (χ1n) is 8.79. The van der Waals surface area contributed by atoms with Crippen molar-refractivity contribution >= 4 is 23.2 Å². The van der Waals surface area contributed by atoms with Crippen molar-refractivity contribution in [2.24, 2.45) is 23.9 Å². The molecule has 2 heterocycles. The Morgan fingerprint density at radius 3 is 2.63 bits per heavy atom. The normalized spacial score (nSPS) is 18.9. The van der Waals surface area contributed by atoms with E-state index in [1.165, 1.54) is 6.07 Å². The van der Waals surface area contributed by atoms with Crippen molar-refractivity contribution in [1.82, 2.24) is 9.78 Å². The number of aryl methyl sites for hydroxylation is 1. The van der Waals surface area contributed by atoms with Gasteiger partial charge in [0, 0.05) is 35.9 Å². The van der Waals surface area contributed by atoms with E-state index in [4.69, 9.17) is 0 Å². The molecule has 1 aromatic heterocycles. The van der Waals surface area contributed by atoms with Crippen LogP contribution in [0.4, 0.5) is 11.5 Å². The Kier molecular flexibility index (Phi) is 4.82. The summed E-state index contributed by atoms with van der Waals surface area (Å²) in [6, 6.07) is 6.32. The summed E-state index contributed by atoms with van der Waals surface area (Å²) in [5.41, 5.74) is 2.13. The summed E-state index contributed by atoms with van der Waals surface area (Å²) in [6.07, 6.45) is 0.640. The highest BCUT2D eigenvalue weighted by molar-refractivity contribution is 6.04. The summed E-state index contributed by atoms with van der Waals surface area (Å²) in [5.74, 6) is -1.87. The van der Waals surface area contributed by atoms with E-state index in [-0.39, 0.29) is 5.69 Å². The summed E-state index contributed by atoms with van der Waals surface area (Å²) in [6.45, 7) is 5.75. The van der Waals surface area contributed by atoms with Crippen LogP contribution in [0, 0.1) is 22.0 Å². The molecule has 142 valence electrons. The largest absolute Gasteiger partial charge is 0.481 e. The highest BCUT2D eigenvalue weighted by Crippen LogP contribution is 2.46. The second-order valence-electron chi connectivity index (χ2n) is 7.27. The third kappa shape index (κ3) is 3.22. The molecular weight excluding hydrogens is 348 g/mol. The maximum absolute atomic E-state index is 12.1. The number of aliphatic carboxylic acids is 1. The summed E-state index contributed by atoms with van der Waals surface area (Å²) in [4.78, 5) is 27.7. The number of rotatable bonds is 5. The molecule has 0 aliphatic carbocycles.